The van der Waals surface area contributed by atoms with E-state index in [1.54, 1.807) is 11.3 Å². The highest BCUT2D eigenvalue weighted by molar-refractivity contribution is 7.11. The smallest absolute Gasteiger partial charge is 0.407 e. The summed E-state index contributed by atoms with van der Waals surface area (Å²) in [7, 11) is 0. The number of fused-ring (bicyclic) bond motifs is 1. The molecule has 124 valence electrons. The maximum atomic E-state index is 11.9. The SMILES string of the molecule is Cc1nnc([C@]2(CNC(=O)OC(C)(C)C)[C@@H]3CNC[C@@H]32)s1.Cl. The van der Waals surface area contributed by atoms with E-state index < -0.39 is 5.60 Å². The van der Waals surface area contributed by atoms with Crippen LogP contribution in [0.4, 0.5) is 4.79 Å². The Morgan fingerprint density at radius 3 is 2.55 bits per heavy atom. The molecule has 1 aliphatic carbocycles. The molecule has 22 heavy (non-hydrogen) atoms. The molecule has 0 aromatic carbocycles. The number of carbonyl (C=O) groups is 1. The minimum atomic E-state index is -0.475. The van der Waals surface area contributed by atoms with Crippen LogP contribution in [0.3, 0.4) is 0 Å². The van der Waals surface area contributed by atoms with E-state index in [1.165, 1.54) is 0 Å². The Hall–Kier alpha value is -0.920. The van der Waals surface area contributed by atoms with Gasteiger partial charge in [0.25, 0.3) is 0 Å². The van der Waals surface area contributed by atoms with Crippen LogP contribution in [0, 0.1) is 18.8 Å². The minimum absolute atomic E-state index is 0. The number of aryl methyl sites for hydroxylation is 1. The highest BCUT2D eigenvalue weighted by Crippen LogP contribution is 2.61. The van der Waals surface area contributed by atoms with Gasteiger partial charge in [0.15, 0.2) is 0 Å². The predicted molar refractivity (Wildman–Crippen MR) is 87.7 cm³/mol. The van der Waals surface area contributed by atoms with Crippen LogP contribution in [-0.2, 0) is 10.2 Å². The first kappa shape index (κ1) is 17.4. The van der Waals surface area contributed by atoms with Crippen molar-refractivity contribution in [1.82, 2.24) is 20.8 Å². The summed E-state index contributed by atoms with van der Waals surface area (Å²) in [6.45, 7) is 10.1. The molecule has 1 aromatic rings. The third-order valence-electron chi connectivity index (χ3n) is 4.28. The molecule has 1 amide bonds. The molecule has 1 saturated heterocycles. The molecule has 2 fully saturated rings. The van der Waals surface area contributed by atoms with E-state index in [4.69, 9.17) is 4.74 Å². The van der Waals surface area contributed by atoms with Gasteiger partial charge in [-0.3, -0.25) is 0 Å². The average molecular weight is 347 g/mol. The number of nitrogens with zero attached hydrogens (tertiary/aromatic N) is 2. The number of nitrogens with one attached hydrogen (secondary N) is 2. The molecule has 2 heterocycles. The lowest BCUT2D eigenvalue weighted by atomic mass is 10.0. The quantitative estimate of drug-likeness (QED) is 0.874. The van der Waals surface area contributed by atoms with Crippen molar-refractivity contribution in [3.63, 3.8) is 0 Å². The van der Waals surface area contributed by atoms with Crippen LogP contribution in [0.1, 0.15) is 30.8 Å². The Kier molecular flexibility index (Phi) is 4.71. The Morgan fingerprint density at radius 2 is 2.05 bits per heavy atom. The molecule has 0 spiro atoms. The van der Waals surface area contributed by atoms with Crippen molar-refractivity contribution in [3.8, 4) is 0 Å². The molecular weight excluding hydrogens is 324 g/mol. The van der Waals surface area contributed by atoms with Crippen molar-refractivity contribution in [2.24, 2.45) is 11.8 Å². The summed E-state index contributed by atoms with van der Waals surface area (Å²) in [6, 6.07) is 0. The van der Waals surface area contributed by atoms with E-state index in [2.05, 4.69) is 20.8 Å². The highest BCUT2D eigenvalue weighted by atomic mass is 35.5. The van der Waals surface area contributed by atoms with Gasteiger partial charge in [-0.05, 0) is 52.6 Å². The van der Waals surface area contributed by atoms with Crippen LogP contribution in [0.2, 0.25) is 0 Å². The highest BCUT2D eigenvalue weighted by Gasteiger charge is 2.68. The van der Waals surface area contributed by atoms with Gasteiger partial charge in [-0.2, -0.15) is 0 Å². The number of piperidine rings is 1. The van der Waals surface area contributed by atoms with Crippen LogP contribution in [0.5, 0.6) is 0 Å². The molecule has 2 N–H and O–H groups in total. The summed E-state index contributed by atoms with van der Waals surface area (Å²) >= 11 is 1.64. The number of amides is 1. The van der Waals surface area contributed by atoms with Gasteiger partial charge in [-0.15, -0.1) is 33.9 Å². The van der Waals surface area contributed by atoms with Gasteiger partial charge >= 0.3 is 6.09 Å². The average Bonchev–Trinajstić information content (AvgIpc) is 2.77. The Morgan fingerprint density at radius 1 is 1.41 bits per heavy atom. The summed E-state index contributed by atoms with van der Waals surface area (Å²) < 4.78 is 5.33. The van der Waals surface area contributed by atoms with Crippen LogP contribution in [-0.4, -0.2) is 41.5 Å². The molecular formula is C14H23ClN4O2S. The second-order valence-electron chi connectivity index (χ2n) is 6.89. The zero-order chi connectivity index (χ0) is 15.3. The number of hydrogen-bond acceptors (Lipinski definition) is 6. The maximum Gasteiger partial charge on any atom is 0.407 e. The van der Waals surface area contributed by atoms with Gasteiger partial charge in [-0.1, -0.05) is 0 Å². The van der Waals surface area contributed by atoms with Gasteiger partial charge in [0.05, 0.1) is 5.41 Å². The lowest BCUT2D eigenvalue weighted by molar-refractivity contribution is 0.0520. The van der Waals surface area contributed by atoms with E-state index >= 15 is 0 Å². The third kappa shape index (κ3) is 3.07. The molecule has 0 radical (unpaired) electrons. The molecule has 1 aromatic heterocycles. The van der Waals surface area contributed by atoms with Crippen LogP contribution in [0.25, 0.3) is 0 Å². The van der Waals surface area contributed by atoms with E-state index in [-0.39, 0.29) is 23.9 Å². The van der Waals surface area contributed by atoms with Gasteiger partial charge in [-0.25, -0.2) is 4.79 Å². The molecule has 8 heteroatoms. The standard InChI is InChI=1S/C14H22N4O2S.ClH/c1-8-17-18-11(21-8)14(9-5-15-6-10(9)14)7-16-12(19)20-13(2,3)4;/h9-10,15H,5-7H2,1-4H3,(H,16,19);1H/t9-,10+,14-;. The first-order chi connectivity index (χ1) is 9.83. The van der Waals surface area contributed by atoms with E-state index in [9.17, 15) is 4.79 Å². The van der Waals surface area contributed by atoms with Gasteiger partial charge in [0, 0.05) is 6.54 Å². The van der Waals surface area contributed by atoms with Crippen molar-refractivity contribution in [2.45, 2.75) is 38.7 Å². The minimum Gasteiger partial charge on any atom is -0.444 e. The van der Waals surface area contributed by atoms with Crippen LogP contribution >= 0.6 is 23.7 Å². The maximum absolute atomic E-state index is 11.9. The van der Waals surface area contributed by atoms with Crippen molar-refractivity contribution in [2.75, 3.05) is 19.6 Å². The Bertz CT molecular complexity index is 547. The van der Waals surface area contributed by atoms with E-state index in [1.807, 2.05) is 27.7 Å². The molecule has 3 rings (SSSR count). The fourth-order valence-electron chi connectivity index (χ4n) is 3.32. The zero-order valence-corrected chi connectivity index (χ0v) is 14.9. The van der Waals surface area contributed by atoms with Gasteiger partial charge in [0.2, 0.25) is 0 Å². The van der Waals surface area contributed by atoms with Crippen molar-refractivity contribution >= 4 is 29.8 Å². The fourth-order valence-corrected chi connectivity index (χ4v) is 4.33. The van der Waals surface area contributed by atoms with Crippen LogP contribution in [0.15, 0.2) is 0 Å². The number of rotatable bonds is 3. The second kappa shape index (κ2) is 5.94. The topological polar surface area (TPSA) is 76.1 Å². The summed E-state index contributed by atoms with van der Waals surface area (Å²) in [5.41, 5.74) is -0.522. The summed E-state index contributed by atoms with van der Waals surface area (Å²) in [6.07, 6.45) is -0.360. The lowest BCUT2D eigenvalue weighted by Gasteiger charge is -2.23. The number of halogens is 1. The first-order valence-corrected chi connectivity index (χ1v) is 8.13. The molecule has 0 unspecified atom stereocenters. The molecule has 1 saturated carbocycles. The molecule has 6 nitrogen and oxygen atoms in total. The fraction of sp³-hybridized carbons (Fsp3) is 0.786. The normalized spacial score (nSPS) is 29.5. The summed E-state index contributed by atoms with van der Waals surface area (Å²) in [4.78, 5) is 11.9. The third-order valence-corrected chi connectivity index (χ3v) is 5.31. The molecule has 0 bridgehead atoms. The van der Waals surface area contributed by atoms with Gasteiger partial charge < -0.3 is 15.4 Å². The molecule has 1 aliphatic heterocycles. The van der Waals surface area contributed by atoms with E-state index in [0.717, 1.165) is 23.1 Å². The molecule has 2 aliphatic rings. The van der Waals surface area contributed by atoms with E-state index in [0.29, 0.717) is 18.4 Å². The predicted octanol–water partition coefficient (Wildman–Crippen LogP) is 1.88. The van der Waals surface area contributed by atoms with Crippen molar-refractivity contribution in [1.29, 1.82) is 0 Å². The first-order valence-electron chi connectivity index (χ1n) is 7.31. The lowest BCUT2D eigenvalue weighted by Crippen LogP contribution is -2.40. The number of hydrogen-bond donors (Lipinski definition) is 2. The zero-order valence-electron chi connectivity index (χ0n) is 13.3. The monoisotopic (exact) mass is 346 g/mol. The second-order valence-corrected chi connectivity index (χ2v) is 8.07. The largest absolute Gasteiger partial charge is 0.444 e. The van der Waals surface area contributed by atoms with Crippen molar-refractivity contribution in [3.05, 3.63) is 10.0 Å². The number of aromatic nitrogens is 2. The number of ether oxygens (including phenoxy) is 1. The van der Waals surface area contributed by atoms with Crippen LogP contribution < -0.4 is 10.6 Å². The van der Waals surface area contributed by atoms with Crippen molar-refractivity contribution < 1.29 is 9.53 Å². The Balaban J connectivity index is 0.00000176. The summed E-state index contributed by atoms with van der Waals surface area (Å²) in [5, 5.41) is 16.8. The number of carbonyl (C=O) groups excluding carboxylic acids is 1. The number of alkyl carbamates (subject to hydrolysis) is 1. The molecule has 3 atom stereocenters. The Labute approximate surface area is 140 Å². The van der Waals surface area contributed by atoms with Gasteiger partial charge in [0.1, 0.15) is 15.6 Å². The summed E-state index contributed by atoms with van der Waals surface area (Å²) in [5.74, 6) is 1.08.